The van der Waals surface area contributed by atoms with Gasteiger partial charge < -0.3 is 0 Å². The Morgan fingerprint density at radius 1 is 0.219 bits per heavy atom. The highest BCUT2D eigenvalue weighted by molar-refractivity contribution is 6.33. The monoisotopic (exact) mass is 813 g/mol. The second-order valence-electron chi connectivity index (χ2n) is 16.3. The molecule has 0 atom stereocenters. The van der Waals surface area contributed by atoms with Gasteiger partial charge in [-0.2, -0.15) is 0 Å². The van der Waals surface area contributed by atoms with Crippen LogP contribution in [0.4, 0.5) is 0 Å². The third-order valence-corrected chi connectivity index (χ3v) is 12.5. The van der Waals surface area contributed by atoms with Crippen LogP contribution in [0.2, 0.25) is 0 Å². The van der Waals surface area contributed by atoms with Gasteiger partial charge in [0, 0.05) is 38.4 Å². The first kappa shape index (κ1) is 37.2. The summed E-state index contributed by atoms with van der Waals surface area (Å²) in [5.41, 5.74) is 14.7. The Hall–Kier alpha value is -8.53. The molecule has 0 amide bonds. The highest BCUT2D eigenvalue weighted by Gasteiger charge is 2.18. The fraction of sp³-hybridized carbons (Fsp3) is 0. The van der Waals surface area contributed by atoms with Gasteiger partial charge in [0.25, 0.3) is 0 Å². The van der Waals surface area contributed by atoms with Crippen molar-refractivity contribution in [3.05, 3.63) is 237 Å². The first-order chi connectivity index (χ1) is 31.7. The van der Waals surface area contributed by atoms with Gasteiger partial charge in [-0.15, -0.1) is 0 Å². The molecule has 10 aromatic carbocycles. The third kappa shape index (κ3) is 6.68. The number of fused-ring (bicyclic) bond motifs is 8. The molecule has 0 aliphatic rings. The van der Waals surface area contributed by atoms with E-state index in [4.69, 9.17) is 15.0 Å². The van der Waals surface area contributed by atoms with Crippen LogP contribution in [-0.4, -0.2) is 15.0 Å². The van der Waals surface area contributed by atoms with Crippen LogP contribution in [0.15, 0.2) is 237 Å². The number of rotatable bonds is 7. The Morgan fingerprint density at radius 2 is 0.609 bits per heavy atom. The maximum atomic E-state index is 5.38. The second kappa shape index (κ2) is 15.7. The van der Waals surface area contributed by atoms with E-state index in [1.807, 2.05) is 12.1 Å². The van der Waals surface area contributed by atoms with E-state index in [2.05, 4.69) is 224 Å². The van der Waals surface area contributed by atoms with Crippen molar-refractivity contribution in [1.82, 2.24) is 15.0 Å². The number of nitrogens with zero attached hydrogens (tertiary/aromatic N) is 3. The summed E-state index contributed by atoms with van der Waals surface area (Å²) >= 11 is 0. The average Bonchev–Trinajstić information content (AvgIpc) is 3.39. The van der Waals surface area contributed by atoms with Gasteiger partial charge in [0.2, 0.25) is 0 Å². The van der Waals surface area contributed by atoms with E-state index >= 15 is 0 Å². The van der Waals surface area contributed by atoms with Gasteiger partial charge >= 0.3 is 0 Å². The fourth-order valence-corrected chi connectivity index (χ4v) is 9.29. The van der Waals surface area contributed by atoms with Crippen molar-refractivity contribution in [2.24, 2.45) is 0 Å². The van der Waals surface area contributed by atoms with Gasteiger partial charge in [-0.25, -0.2) is 15.0 Å². The summed E-state index contributed by atoms with van der Waals surface area (Å²) in [6, 6.07) is 83.9. The molecule has 298 valence electrons. The van der Waals surface area contributed by atoms with Crippen LogP contribution in [0.5, 0.6) is 0 Å². The van der Waals surface area contributed by atoms with Crippen molar-refractivity contribution >= 4 is 43.2 Å². The number of hydrogen-bond donors (Lipinski definition) is 0. The third-order valence-electron chi connectivity index (χ3n) is 12.5. The molecule has 0 radical (unpaired) electrons. The molecule has 0 saturated heterocycles. The van der Waals surface area contributed by atoms with E-state index in [-0.39, 0.29) is 0 Å². The van der Waals surface area contributed by atoms with Crippen LogP contribution < -0.4 is 0 Å². The van der Waals surface area contributed by atoms with E-state index in [0.29, 0.717) is 5.82 Å². The lowest BCUT2D eigenvalue weighted by Crippen LogP contribution is -1.96. The highest BCUT2D eigenvalue weighted by atomic mass is 14.9. The first-order valence-electron chi connectivity index (χ1n) is 21.8. The van der Waals surface area contributed by atoms with Gasteiger partial charge in [0.05, 0.1) is 22.6 Å². The molecule has 0 aliphatic carbocycles. The minimum atomic E-state index is 0.677. The Kier molecular flexibility index (Phi) is 9.16. The molecule has 0 aliphatic heterocycles. The van der Waals surface area contributed by atoms with E-state index in [0.717, 1.165) is 56.0 Å². The van der Waals surface area contributed by atoms with Crippen LogP contribution in [0, 0.1) is 0 Å². The topological polar surface area (TPSA) is 38.7 Å². The molecule has 12 aromatic rings. The molecule has 0 spiro atoms. The van der Waals surface area contributed by atoms with Crippen LogP contribution in [-0.2, 0) is 0 Å². The van der Waals surface area contributed by atoms with Crippen molar-refractivity contribution in [3.8, 4) is 78.5 Å². The predicted molar refractivity (Wildman–Crippen MR) is 268 cm³/mol. The number of aromatic nitrogens is 3. The van der Waals surface area contributed by atoms with Gasteiger partial charge in [0.1, 0.15) is 0 Å². The molecule has 0 N–H and O–H groups in total. The number of para-hydroxylation sites is 1. The molecule has 0 bridgehead atoms. The van der Waals surface area contributed by atoms with Gasteiger partial charge in [-0.3, -0.25) is 0 Å². The normalized spacial score (nSPS) is 11.4. The minimum absolute atomic E-state index is 0.677. The molecule has 3 heteroatoms. The van der Waals surface area contributed by atoms with Crippen LogP contribution in [0.3, 0.4) is 0 Å². The van der Waals surface area contributed by atoms with Crippen LogP contribution in [0.25, 0.3) is 122 Å². The summed E-state index contributed by atoms with van der Waals surface area (Å²) in [5, 5.41) is 8.54. The van der Waals surface area contributed by atoms with Crippen LogP contribution >= 0.6 is 0 Å². The van der Waals surface area contributed by atoms with E-state index in [9.17, 15) is 0 Å². The molecule has 2 heterocycles. The predicted octanol–water partition coefficient (Wildman–Crippen LogP) is 16.2. The number of pyridine rings is 1. The van der Waals surface area contributed by atoms with Gasteiger partial charge in [-0.05, 0) is 73.1 Å². The SMILES string of the molecule is c1ccc(-c2ccc(-c3cc(-c4ccc(-c5ccccc5)cc4)nc(-c4cccc(-c5ccc(-c6nc7ccccc7c7c8ccccc8c8ccccc8c67)cc5)c4)n3)cc2)cc1. The molecule has 3 nitrogen and oxygen atoms in total. The quantitative estimate of drug-likeness (QED) is 0.150. The van der Waals surface area contributed by atoms with Crippen molar-refractivity contribution in [2.75, 3.05) is 0 Å². The summed E-state index contributed by atoms with van der Waals surface area (Å²) < 4.78 is 0. The Balaban J connectivity index is 0.948. The molecule has 0 fully saturated rings. The standard InChI is InChI=1S/C61H39N3/c1-3-14-40(15-4-1)42-26-32-45(33-27-42)56-39-57(46-34-28-43(29-35-46)41-16-5-2-6-17-41)64-61(63-56)49-19-13-18-48(38-49)44-30-36-47(37-31-44)60-59-53-23-10-8-21-51(53)50-20-7-9-22-52(50)58(59)54-24-11-12-25-55(54)62-60/h1-39H. The van der Waals surface area contributed by atoms with Gasteiger partial charge in [0.15, 0.2) is 5.82 Å². The van der Waals surface area contributed by atoms with Crippen LogP contribution in [0.1, 0.15) is 0 Å². The Morgan fingerprint density at radius 3 is 1.17 bits per heavy atom. The Labute approximate surface area is 371 Å². The first-order valence-corrected chi connectivity index (χ1v) is 21.8. The van der Waals surface area contributed by atoms with Gasteiger partial charge in [-0.1, -0.05) is 218 Å². The lowest BCUT2D eigenvalue weighted by Gasteiger charge is -2.16. The second-order valence-corrected chi connectivity index (χ2v) is 16.3. The molecule has 12 rings (SSSR count). The van der Waals surface area contributed by atoms with E-state index in [1.165, 1.54) is 60.0 Å². The largest absolute Gasteiger partial charge is 0.247 e. The van der Waals surface area contributed by atoms with Crippen molar-refractivity contribution in [3.63, 3.8) is 0 Å². The number of benzene rings is 10. The average molecular weight is 814 g/mol. The molecule has 2 aromatic heterocycles. The molecular weight excluding hydrogens is 775 g/mol. The summed E-state index contributed by atoms with van der Waals surface area (Å²) in [6.45, 7) is 0. The lowest BCUT2D eigenvalue weighted by molar-refractivity contribution is 1.18. The van der Waals surface area contributed by atoms with Crippen molar-refractivity contribution in [1.29, 1.82) is 0 Å². The molecular formula is C61H39N3. The summed E-state index contributed by atoms with van der Waals surface area (Å²) in [5.74, 6) is 0.677. The Bertz CT molecular complexity index is 3570. The maximum absolute atomic E-state index is 5.38. The van der Waals surface area contributed by atoms with Crippen molar-refractivity contribution in [2.45, 2.75) is 0 Å². The summed E-state index contributed by atoms with van der Waals surface area (Å²) in [4.78, 5) is 15.8. The fourth-order valence-electron chi connectivity index (χ4n) is 9.29. The summed E-state index contributed by atoms with van der Waals surface area (Å²) in [7, 11) is 0. The van der Waals surface area contributed by atoms with E-state index in [1.54, 1.807) is 0 Å². The zero-order valence-electron chi connectivity index (χ0n) is 34.9. The minimum Gasteiger partial charge on any atom is -0.247 e. The smallest absolute Gasteiger partial charge is 0.160 e. The van der Waals surface area contributed by atoms with E-state index < -0.39 is 0 Å². The highest BCUT2D eigenvalue weighted by Crippen LogP contribution is 2.43. The maximum Gasteiger partial charge on any atom is 0.160 e. The zero-order valence-corrected chi connectivity index (χ0v) is 34.9. The summed E-state index contributed by atoms with van der Waals surface area (Å²) in [6.07, 6.45) is 0. The molecule has 64 heavy (non-hydrogen) atoms. The molecule has 0 unspecified atom stereocenters. The molecule has 0 saturated carbocycles. The number of hydrogen-bond acceptors (Lipinski definition) is 3. The van der Waals surface area contributed by atoms with Crippen molar-refractivity contribution < 1.29 is 0 Å². The lowest BCUT2D eigenvalue weighted by atomic mass is 9.89. The zero-order chi connectivity index (χ0) is 42.4.